The molecule has 0 radical (unpaired) electrons. The molecular weight excluding hydrogens is 171 g/mol. The molecule has 0 saturated carbocycles. The van der Waals surface area contributed by atoms with Crippen LogP contribution in [-0.4, -0.2) is 20.9 Å². The van der Waals surface area contributed by atoms with E-state index in [1.807, 2.05) is 0 Å². The molecule has 0 aliphatic heterocycles. The van der Waals surface area contributed by atoms with Crippen molar-refractivity contribution in [2.75, 3.05) is 0 Å². The summed E-state index contributed by atoms with van der Waals surface area (Å²) in [5.41, 5.74) is 0. The number of halogens is 3. The van der Waals surface area contributed by atoms with Crippen molar-refractivity contribution in [1.82, 2.24) is 14.8 Å². The molecule has 3 nitrogen and oxygen atoms in total. The zero-order valence-corrected chi connectivity index (χ0v) is 6.47. The Morgan fingerprint density at radius 2 is 2.17 bits per heavy atom. The highest BCUT2D eigenvalue weighted by molar-refractivity contribution is 4.74. The fourth-order valence-electron chi connectivity index (χ4n) is 0.737. The lowest BCUT2D eigenvalue weighted by molar-refractivity contribution is -0.137. The Morgan fingerprint density at radius 1 is 1.50 bits per heavy atom. The molecule has 0 saturated heterocycles. The van der Waals surface area contributed by atoms with Crippen LogP contribution in [0.4, 0.5) is 13.2 Å². The lowest BCUT2D eigenvalue weighted by Gasteiger charge is -2.04. The Labute approximate surface area is 67.2 Å². The first-order chi connectivity index (χ1) is 5.47. The van der Waals surface area contributed by atoms with E-state index in [1.54, 1.807) is 6.92 Å². The second-order valence-electron chi connectivity index (χ2n) is 2.42. The number of hydrogen-bond acceptors (Lipinski definition) is 2. The normalized spacial score (nSPS) is 12.0. The summed E-state index contributed by atoms with van der Waals surface area (Å²) < 4.78 is 36.2. The minimum Gasteiger partial charge on any atom is -0.252 e. The van der Waals surface area contributed by atoms with E-state index in [0.717, 1.165) is 0 Å². The highest BCUT2D eigenvalue weighted by Gasteiger charge is 2.26. The highest BCUT2D eigenvalue weighted by Crippen LogP contribution is 2.19. The van der Waals surface area contributed by atoms with Crippen molar-refractivity contribution >= 4 is 0 Å². The minimum absolute atomic E-state index is 0.162. The van der Waals surface area contributed by atoms with Crippen LogP contribution in [0.3, 0.4) is 0 Å². The van der Waals surface area contributed by atoms with Gasteiger partial charge in [-0.2, -0.15) is 18.3 Å². The number of aromatic nitrogens is 3. The fraction of sp³-hybridized carbons (Fsp3) is 0.667. The molecule has 1 aromatic heterocycles. The standard InChI is InChI=1S/C6H8F3N3/c1-5-10-4-12(11-5)3-2-6(7,8)9/h4H,2-3H2,1H3. The maximum Gasteiger partial charge on any atom is 0.390 e. The van der Waals surface area contributed by atoms with Crippen molar-refractivity contribution in [3.8, 4) is 0 Å². The summed E-state index contributed by atoms with van der Waals surface area (Å²) >= 11 is 0. The predicted molar refractivity (Wildman–Crippen MR) is 35.4 cm³/mol. The van der Waals surface area contributed by atoms with Gasteiger partial charge in [-0.25, -0.2) is 4.98 Å². The topological polar surface area (TPSA) is 30.7 Å². The molecule has 0 N–H and O–H groups in total. The van der Waals surface area contributed by atoms with Gasteiger partial charge in [0.1, 0.15) is 12.2 Å². The first-order valence-electron chi connectivity index (χ1n) is 3.40. The van der Waals surface area contributed by atoms with Gasteiger partial charge in [-0.05, 0) is 6.92 Å². The molecule has 68 valence electrons. The van der Waals surface area contributed by atoms with Crippen molar-refractivity contribution in [2.24, 2.45) is 0 Å². The molecule has 0 aliphatic rings. The number of rotatable bonds is 2. The summed E-state index contributed by atoms with van der Waals surface area (Å²) in [7, 11) is 0. The van der Waals surface area contributed by atoms with Crippen molar-refractivity contribution in [1.29, 1.82) is 0 Å². The molecule has 0 unspecified atom stereocenters. The van der Waals surface area contributed by atoms with Gasteiger partial charge < -0.3 is 0 Å². The second kappa shape index (κ2) is 3.12. The first kappa shape index (κ1) is 9.02. The predicted octanol–water partition coefficient (Wildman–Crippen LogP) is 1.54. The van der Waals surface area contributed by atoms with E-state index < -0.39 is 12.6 Å². The molecule has 12 heavy (non-hydrogen) atoms. The first-order valence-corrected chi connectivity index (χ1v) is 3.40. The van der Waals surface area contributed by atoms with Gasteiger partial charge in [0.2, 0.25) is 0 Å². The third-order valence-electron chi connectivity index (χ3n) is 1.28. The van der Waals surface area contributed by atoms with Crippen LogP contribution >= 0.6 is 0 Å². The van der Waals surface area contributed by atoms with E-state index in [4.69, 9.17) is 0 Å². The van der Waals surface area contributed by atoms with Crippen molar-refractivity contribution in [3.05, 3.63) is 12.2 Å². The maximum atomic E-state index is 11.7. The van der Waals surface area contributed by atoms with Crippen LogP contribution in [0.2, 0.25) is 0 Å². The van der Waals surface area contributed by atoms with E-state index in [0.29, 0.717) is 5.82 Å². The molecule has 0 fully saturated rings. The van der Waals surface area contributed by atoms with E-state index >= 15 is 0 Å². The summed E-state index contributed by atoms with van der Waals surface area (Å²) in [5.74, 6) is 0.483. The van der Waals surface area contributed by atoms with Crippen molar-refractivity contribution < 1.29 is 13.2 Å². The average molecular weight is 179 g/mol. The molecule has 0 amide bonds. The Morgan fingerprint density at radius 3 is 2.58 bits per heavy atom. The monoisotopic (exact) mass is 179 g/mol. The Kier molecular flexibility index (Phi) is 2.35. The summed E-state index contributed by atoms with van der Waals surface area (Å²) in [6.45, 7) is 1.47. The quantitative estimate of drug-likeness (QED) is 0.689. The third kappa shape index (κ3) is 2.89. The van der Waals surface area contributed by atoms with Gasteiger partial charge in [0, 0.05) is 0 Å². The lowest BCUT2D eigenvalue weighted by Crippen LogP contribution is -2.12. The number of alkyl halides is 3. The lowest BCUT2D eigenvalue weighted by atomic mass is 10.4. The molecule has 0 bridgehead atoms. The smallest absolute Gasteiger partial charge is 0.252 e. The largest absolute Gasteiger partial charge is 0.390 e. The van der Waals surface area contributed by atoms with Crippen LogP contribution in [0.25, 0.3) is 0 Å². The summed E-state index contributed by atoms with van der Waals surface area (Å²) in [4.78, 5) is 3.70. The molecule has 1 rings (SSSR count). The van der Waals surface area contributed by atoms with Crippen LogP contribution in [0, 0.1) is 6.92 Å². The molecule has 1 heterocycles. The highest BCUT2D eigenvalue weighted by atomic mass is 19.4. The van der Waals surface area contributed by atoms with Crippen LogP contribution in [0.5, 0.6) is 0 Å². The zero-order valence-electron chi connectivity index (χ0n) is 6.47. The van der Waals surface area contributed by atoms with E-state index in [9.17, 15) is 13.2 Å². The van der Waals surface area contributed by atoms with Gasteiger partial charge in [-0.3, -0.25) is 4.68 Å². The average Bonchev–Trinajstić information content (AvgIpc) is 2.30. The van der Waals surface area contributed by atoms with Crippen molar-refractivity contribution in [3.63, 3.8) is 0 Å². The van der Waals surface area contributed by atoms with Gasteiger partial charge >= 0.3 is 6.18 Å². The van der Waals surface area contributed by atoms with E-state index in [1.165, 1.54) is 11.0 Å². The third-order valence-corrected chi connectivity index (χ3v) is 1.28. The van der Waals surface area contributed by atoms with Gasteiger partial charge in [0.25, 0.3) is 0 Å². The van der Waals surface area contributed by atoms with Gasteiger partial charge in [-0.1, -0.05) is 0 Å². The number of hydrogen-bond donors (Lipinski definition) is 0. The zero-order chi connectivity index (χ0) is 9.19. The number of aryl methyl sites for hydroxylation is 2. The minimum atomic E-state index is -4.13. The number of nitrogens with zero attached hydrogens (tertiary/aromatic N) is 3. The van der Waals surface area contributed by atoms with Crippen LogP contribution in [-0.2, 0) is 6.54 Å². The molecule has 1 aromatic rings. The summed E-state index contributed by atoms with van der Waals surface area (Å²) in [5, 5.41) is 3.72. The molecule has 0 atom stereocenters. The van der Waals surface area contributed by atoms with Crippen LogP contribution in [0.15, 0.2) is 6.33 Å². The second-order valence-corrected chi connectivity index (χ2v) is 2.42. The Balaban J connectivity index is 2.44. The molecule has 6 heteroatoms. The summed E-state index contributed by atoms with van der Waals surface area (Å²) in [6, 6.07) is 0. The van der Waals surface area contributed by atoms with Gasteiger partial charge in [0.15, 0.2) is 0 Å². The Hall–Kier alpha value is -1.07. The fourth-order valence-corrected chi connectivity index (χ4v) is 0.737. The van der Waals surface area contributed by atoms with Gasteiger partial charge in [0.05, 0.1) is 13.0 Å². The van der Waals surface area contributed by atoms with Gasteiger partial charge in [-0.15, -0.1) is 0 Å². The van der Waals surface area contributed by atoms with Crippen molar-refractivity contribution in [2.45, 2.75) is 26.1 Å². The molecule has 0 aromatic carbocycles. The summed E-state index contributed by atoms with van der Waals surface area (Å²) in [6.07, 6.45) is -3.70. The van der Waals surface area contributed by atoms with Crippen LogP contribution in [0.1, 0.15) is 12.2 Å². The molecular formula is C6H8F3N3. The van der Waals surface area contributed by atoms with Crippen LogP contribution < -0.4 is 0 Å². The Bertz CT molecular complexity index is 253. The van der Waals surface area contributed by atoms with E-state index in [-0.39, 0.29) is 6.54 Å². The molecule has 0 spiro atoms. The SMILES string of the molecule is Cc1ncn(CCC(F)(F)F)n1. The maximum absolute atomic E-state index is 11.7. The van der Waals surface area contributed by atoms with E-state index in [2.05, 4.69) is 10.1 Å². The molecule has 0 aliphatic carbocycles.